The number of rotatable bonds is 5. The molecule has 3 N–H and O–H groups in total. The van der Waals surface area contributed by atoms with E-state index in [1.807, 2.05) is 0 Å². The van der Waals surface area contributed by atoms with Crippen LogP contribution < -0.4 is 15.8 Å². The summed E-state index contributed by atoms with van der Waals surface area (Å²) in [6.07, 6.45) is 0. The first-order chi connectivity index (χ1) is 10.0. The minimum Gasteiger partial charge on any atom is -0.484 e. The molecule has 2 rings (SSSR count). The van der Waals surface area contributed by atoms with Crippen molar-refractivity contribution < 1.29 is 14.5 Å². The first kappa shape index (κ1) is 14.3. The Morgan fingerprint density at radius 2 is 1.95 bits per heavy atom. The zero-order valence-electron chi connectivity index (χ0n) is 11.0. The molecule has 0 aliphatic rings. The van der Waals surface area contributed by atoms with Gasteiger partial charge in [-0.3, -0.25) is 14.9 Å². The van der Waals surface area contributed by atoms with Gasteiger partial charge in [0.2, 0.25) is 0 Å². The molecule has 0 bridgehead atoms. The topological polar surface area (TPSA) is 107 Å². The van der Waals surface area contributed by atoms with Gasteiger partial charge in [0.05, 0.1) is 4.92 Å². The van der Waals surface area contributed by atoms with Crippen LogP contribution in [0.1, 0.15) is 0 Å². The van der Waals surface area contributed by atoms with Crippen LogP contribution in [0.15, 0.2) is 48.5 Å². The molecule has 0 atom stereocenters. The maximum Gasteiger partial charge on any atom is 0.269 e. The fourth-order valence-electron chi connectivity index (χ4n) is 1.62. The molecule has 7 heteroatoms. The largest absolute Gasteiger partial charge is 0.484 e. The van der Waals surface area contributed by atoms with E-state index in [0.717, 1.165) is 0 Å². The van der Waals surface area contributed by atoms with E-state index >= 15 is 0 Å². The summed E-state index contributed by atoms with van der Waals surface area (Å²) in [6.45, 7) is -0.180. The fraction of sp³-hybridized carbons (Fsp3) is 0.0714. The molecule has 0 unspecified atom stereocenters. The lowest BCUT2D eigenvalue weighted by atomic mass is 10.3. The van der Waals surface area contributed by atoms with Crippen molar-refractivity contribution in [2.75, 3.05) is 17.7 Å². The molecule has 0 saturated carbocycles. The number of hydrogen-bond donors (Lipinski definition) is 2. The molecule has 0 fully saturated rings. The summed E-state index contributed by atoms with van der Waals surface area (Å²) in [7, 11) is 0. The molecular weight excluding hydrogens is 274 g/mol. The van der Waals surface area contributed by atoms with E-state index in [1.165, 1.54) is 24.3 Å². The second-order valence-electron chi connectivity index (χ2n) is 4.21. The third-order valence-corrected chi connectivity index (χ3v) is 2.59. The van der Waals surface area contributed by atoms with Gasteiger partial charge in [0.15, 0.2) is 6.61 Å². The minimum absolute atomic E-state index is 0.0380. The van der Waals surface area contributed by atoms with E-state index in [0.29, 0.717) is 17.1 Å². The number of nitro groups is 1. The van der Waals surface area contributed by atoms with Crippen molar-refractivity contribution in [2.24, 2.45) is 0 Å². The number of nitrogens with one attached hydrogen (secondary N) is 1. The van der Waals surface area contributed by atoms with Crippen LogP contribution in [0, 0.1) is 10.1 Å². The van der Waals surface area contributed by atoms with Crippen molar-refractivity contribution in [3.05, 3.63) is 58.6 Å². The zero-order chi connectivity index (χ0) is 15.2. The van der Waals surface area contributed by atoms with Crippen molar-refractivity contribution >= 4 is 23.0 Å². The summed E-state index contributed by atoms with van der Waals surface area (Å²) < 4.78 is 5.28. The molecule has 2 aromatic rings. The Morgan fingerprint density at radius 3 is 2.57 bits per heavy atom. The molecule has 0 heterocycles. The molecule has 0 spiro atoms. The van der Waals surface area contributed by atoms with Crippen LogP contribution in [0.4, 0.5) is 17.1 Å². The highest BCUT2D eigenvalue weighted by molar-refractivity contribution is 5.91. The lowest BCUT2D eigenvalue weighted by Gasteiger charge is -2.07. The molecule has 0 aromatic heterocycles. The van der Waals surface area contributed by atoms with Gasteiger partial charge in [-0.15, -0.1) is 0 Å². The van der Waals surface area contributed by atoms with Crippen LogP contribution >= 0.6 is 0 Å². The number of amides is 1. The molecule has 1 amide bonds. The molecule has 0 saturated heterocycles. The predicted octanol–water partition coefficient (Wildman–Crippen LogP) is 2.19. The number of non-ortho nitro benzene ring substituents is 1. The molecule has 2 aromatic carbocycles. The van der Waals surface area contributed by atoms with Crippen LogP contribution in [0.2, 0.25) is 0 Å². The summed E-state index contributed by atoms with van der Waals surface area (Å²) in [5.41, 5.74) is 6.56. The maximum absolute atomic E-state index is 11.7. The molecule has 21 heavy (non-hydrogen) atoms. The quantitative estimate of drug-likeness (QED) is 0.498. The lowest BCUT2D eigenvalue weighted by Crippen LogP contribution is -2.20. The molecular formula is C14H13N3O4. The average Bonchev–Trinajstić information content (AvgIpc) is 2.46. The van der Waals surface area contributed by atoms with Gasteiger partial charge in [-0.05, 0) is 24.3 Å². The number of benzene rings is 2. The van der Waals surface area contributed by atoms with Crippen LogP contribution in [0.5, 0.6) is 5.75 Å². The van der Waals surface area contributed by atoms with E-state index in [9.17, 15) is 14.9 Å². The van der Waals surface area contributed by atoms with Crippen molar-refractivity contribution in [1.29, 1.82) is 0 Å². The Kier molecular flexibility index (Phi) is 4.35. The van der Waals surface area contributed by atoms with E-state index in [1.54, 1.807) is 24.3 Å². The number of carbonyl (C=O) groups excluding carboxylic acids is 1. The Bertz CT molecular complexity index is 656. The monoisotopic (exact) mass is 287 g/mol. The van der Waals surface area contributed by atoms with E-state index < -0.39 is 4.92 Å². The molecule has 0 radical (unpaired) electrons. The van der Waals surface area contributed by atoms with Gasteiger partial charge in [-0.25, -0.2) is 0 Å². The number of carbonyl (C=O) groups is 1. The smallest absolute Gasteiger partial charge is 0.269 e. The summed E-state index contributed by atoms with van der Waals surface area (Å²) >= 11 is 0. The summed E-state index contributed by atoms with van der Waals surface area (Å²) in [5.74, 6) is 0.125. The Labute approximate surface area is 120 Å². The third kappa shape index (κ3) is 4.20. The van der Waals surface area contributed by atoms with Gasteiger partial charge in [-0.1, -0.05) is 6.07 Å². The second kappa shape index (κ2) is 6.38. The first-order valence-corrected chi connectivity index (χ1v) is 6.07. The minimum atomic E-state index is -0.505. The predicted molar refractivity (Wildman–Crippen MR) is 78.1 cm³/mol. The number of nitrogen functional groups attached to an aromatic ring is 1. The van der Waals surface area contributed by atoms with Gasteiger partial charge in [0, 0.05) is 29.6 Å². The van der Waals surface area contributed by atoms with Crippen LogP contribution in [0.25, 0.3) is 0 Å². The van der Waals surface area contributed by atoms with E-state index in [-0.39, 0.29) is 18.2 Å². The molecule has 0 aliphatic carbocycles. The summed E-state index contributed by atoms with van der Waals surface area (Å²) in [4.78, 5) is 21.7. The van der Waals surface area contributed by atoms with Crippen LogP contribution in [-0.4, -0.2) is 17.4 Å². The van der Waals surface area contributed by atoms with Crippen LogP contribution in [0.3, 0.4) is 0 Å². The number of nitro benzene ring substituents is 1. The van der Waals surface area contributed by atoms with Crippen molar-refractivity contribution in [1.82, 2.24) is 0 Å². The molecule has 0 aliphatic heterocycles. The fourth-order valence-corrected chi connectivity index (χ4v) is 1.62. The Balaban J connectivity index is 1.88. The summed E-state index contributed by atoms with van der Waals surface area (Å²) in [6, 6.07) is 12.3. The highest BCUT2D eigenvalue weighted by atomic mass is 16.6. The highest BCUT2D eigenvalue weighted by Crippen LogP contribution is 2.16. The van der Waals surface area contributed by atoms with Gasteiger partial charge in [0.25, 0.3) is 11.6 Å². The van der Waals surface area contributed by atoms with Crippen molar-refractivity contribution in [2.45, 2.75) is 0 Å². The third-order valence-electron chi connectivity index (χ3n) is 2.59. The molecule has 7 nitrogen and oxygen atoms in total. The SMILES string of the molecule is Nc1cccc(OCC(=O)Nc2ccc([N+](=O)[O-])cc2)c1. The van der Waals surface area contributed by atoms with Crippen molar-refractivity contribution in [3.8, 4) is 5.75 Å². The van der Waals surface area contributed by atoms with Crippen molar-refractivity contribution in [3.63, 3.8) is 0 Å². The molecule has 108 valence electrons. The zero-order valence-corrected chi connectivity index (χ0v) is 11.0. The normalized spacial score (nSPS) is 9.90. The van der Waals surface area contributed by atoms with E-state index in [4.69, 9.17) is 10.5 Å². The van der Waals surface area contributed by atoms with Gasteiger partial charge in [0.1, 0.15) is 5.75 Å². The Hall–Kier alpha value is -3.09. The second-order valence-corrected chi connectivity index (χ2v) is 4.21. The van der Waals surface area contributed by atoms with Gasteiger partial charge in [-0.2, -0.15) is 0 Å². The van der Waals surface area contributed by atoms with Crippen LogP contribution in [-0.2, 0) is 4.79 Å². The average molecular weight is 287 g/mol. The van der Waals surface area contributed by atoms with E-state index in [2.05, 4.69) is 5.32 Å². The standard InChI is InChI=1S/C14H13N3O4/c15-10-2-1-3-13(8-10)21-9-14(18)16-11-4-6-12(7-5-11)17(19)20/h1-8H,9,15H2,(H,16,18). The van der Waals surface area contributed by atoms with Gasteiger partial charge < -0.3 is 15.8 Å². The lowest BCUT2D eigenvalue weighted by molar-refractivity contribution is -0.384. The number of nitrogens with zero attached hydrogens (tertiary/aromatic N) is 1. The highest BCUT2D eigenvalue weighted by Gasteiger charge is 2.07. The number of hydrogen-bond acceptors (Lipinski definition) is 5. The first-order valence-electron chi connectivity index (χ1n) is 6.07. The van der Waals surface area contributed by atoms with Gasteiger partial charge >= 0.3 is 0 Å². The Morgan fingerprint density at radius 1 is 1.24 bits per heavy atom. The summed E-state index contributed by atoms with van der Waals surface area (Å²) in [5, 5.41) is 13.1. The number of anilines is 2. The number of ether oxygens (including phenoxy) is 1. The maximum atomic E-state index is 11.7. The number of nitrogens with two attached hydrogens (primary N) is 1.